The van der Waals surface area contributed by atoms with Crippen LogP contribution in [0.2, 0.25) is 0 Å². The molecule has 0 saturated carbocycles. The van der Waals surface area contributed by atoms with Crippen molar-refractivity contribution in [3.05, 3.63) is 58.4 Å². The summed E-state index contributed by atoms with van der Waals surface area (Å²) in [6.45, 7) is 10.8. The first-order chi connectivity index (χ1) is 15.4. The number of methoxy groups -OCH3 is 1. The molecule has 0 bridgehead atoms. The van der Waals surface area contributed by atoms with Crippen LogP contribution < -0.4 is 5.32 Å². The predicted octanol–water partition coefficient (Wildman–Crippen LogP) is 3.69. The molecular formula is C25H32N4O3. The van der Waals surface area contributed by atoms with Gasteiger partial charge >= 0.3 is 0 Å². The highest BCUT2D eigenvalue weighted by Crippen LogP contribution is 2.23. The standard InChI is InChI=1S/C25H32N4O3/c1-18-12-22(20(3)29(18)19(2)17-31-4)14-23(15-26)25(30)27-24-7-5-6-21(13-24)16-28-8-10-32-11-9-28/h5-7,12-14,19H,8-11,16-17H2,1-4H3,(H,27,30)/b23-14+. The maximum atomic E-state index is 12.8. The molecular weight excluding hydrogens is 404 g/mol. The molecule has 1 N–H and O–H groups in total. The molecule has 1 saturated heterocycles. The molecule has 1 aromatic heterocycles. The molecule has 2 aromatic rings. The van der Waals surface area contributed by atoms with E-state index in [4.69, 9.17) is 9.47 Å². The average molecular weight is 437 g/mol. The number of hydrogen-bond donors (Lipinski definition) is 1. The fourth-order valence-corrected chi connectivity index (χ4v) is 4.21. The normalized spacial score (nSPS) is 15.9. The summed E-state index contributed by atoms with van der Waals surface area (Å²) in [7, 11) is 1.68. The van der Waals surface area contributed by atoms with Gasteiger partial charge in [-0.1, -0.05) is 12.1 Å². The monoisotopic (exact) mass is 436 g/mol. The quantitative estimate of drug-likeness (QED) is 0.504. The van der Waals surface area contributed by atoms with Crippen molar-refractivity contribution in [1.29, 1.82) is 5.26 Å². The zero-order chi connectivity index (χ0) is 23.1. The number of anilines is 1. The summed E-state index contributed by atoms with van der Waals surface area (Å²) < 4.78 is 12.8. The van der Waals surface area contributed by atoms with Gasteiger partial charge in [0.1, 0.15) is 11.6 Å². The van der Waals surface area contributed by atoms with Crippen LogP contribution in [-0.4, -0.2) is 55.4 Å². The van der Waals surface area contributed by atoms with E-state index in [0.717, 1.165) is 55.4 Å². The molecule has 3 rings (SSSR count). The molecule has 0 radical (unpaired) electrons. The molecule has 0 spiro atoms. The van der Waals surface area contributed by atoms with Gasteiger partial charge in [-0.3, -0.25) is 9.69 Å². The van der Waals surface area contributed by atoms with Crippen molar-refractivity contribution in [3.63, 3.8) is 0 Å². The Hall–Kier alpha value is -2.92. The number of nitriles is 1. The van der Waals surface area contributed by atoms with Crippen molar-refractivity contribution in [2.24, 2.45) is 0 Å². The highest BCUT2D eigenvalue weighted by atomic mass is 16.5. The number of rotatable bonds is 8. The highest BCUT2D eigenvalue weighted by molar-refractivity contribution is 6.09. The van der Waals surface area contributed by atoms with Crippen LogP contribution in [0.25, 0.3) is 6.08 Å². The first-order valence-electron chi connectivity index (χ1n) is 10.9. The summed E-state index contributed by atoms with van der Waals surface area (Å²) in [5.74, 6) is -0.411. The van der Waals surface area contributed by atoms with Crippen LogP contribution in [0.4, 0.5) is 5.69 Å². The highest BCUT2D eigenvalue weighted by Gasteiger charge is 2.16. The SMILES string of the molecule is COCC(C)n1c(C)cc(/C=C(\C#N)C(=O)Nc2cccc(CN3CCOCC3)c2)c1C. The lowest BCUT2D eigenvalue weighted by Crippen LogP contribution is -2.35. The molecule has 1 amide bonds. The van der Waals surface area contributed by atoms with Gasteiger partial charge in [-0.2, -0.15) is 5.26 Å². The number of nitrogens with zero attached hydrogens (tertiary/aromatic N) is 3. The molecule has 1 unspecified atom stereocenters. The molecule has 1 aliphatic heterocycles. The predicted molar refractivity (Wildman–Crippen MR) is 125 cm³/mol. The van der Waals surface area contributed by atoms with E-state index in [1.807, 2.05) is 44.2 Å². The number of amides is 1. The van der Waals surface area contributed by atoms with Crippen LogP contribution in [0.3, 0.4) is 0 Å². The molecule has 32 heavy (non-hydrogen) atoms. The number of aromatic nitrogens is 1. The van der Waals surface area contributed by atoms with Crippen LogP contribution in [-0.2, 0) is 20.8 Å². The fraction of sp³-hybridized carbons (Fsp3) is 0.440. The molecule has 1 atom stereocenters. The number of benzene rings is 1. The smallest absolute Gasteiger partial charge is 0.266 e. The van der Waals surface area contributed by atoms with Crippen LogP contribution in [0.15, 0.2) is 35.9 Å². The Labute approximate surface area is 190 Å². The Kier molecular flexibility index (Phi) is 8.23. The summed E-state index contributed by atoms with van der Waals surface area (Å²) >= 11 is 0. The number of hydrogen-bond acceptors (Lipinski definition) is 5. The second-order valence-electron chi connectivity index (χ2n) is 8.21. The van der Waals surface area contributed by atoms with Crippen molar-refractivity contribution >= 4 is 17.7 Å². The lowest BCUT2D eigenvalue weighted by Gasteiger charge is -2.26. The first kappa shape index (κ1) is 23.7. The van der Waals surface area contributed by atoms with Crippen molar-refractivity contribution in [2.75, 3.05) is 45.3 Å². The maximum Gasteiger partial charge on any atom is 0.266 e. The lowest BCUT2D eigenvalue weighted by atomic mass is 10.1. The Morgan fingerprint density at radius 1 is 1.31 bits per heavy atom. The first-order valence-corrected chi connectivity index (χ1v) is 10.9. The van der Waals surface area contributed by atoms with Gasteiger partial charge in [-0.15, -0.1) is 0 Å². The van der Waals surface area contributed by atoms with Crippen LogP contribution in [0, 0.1) is 25.2 Å². The summed E-state index contributed by atoms with van der Waals surface area (Å²) in [4.78, 5) is 15.2. The minimum atomic E-state index is -0.411. The molecule has 7 heteroatoms. The zero-order valence-corrected chi connectivity index (χ0v) is 19.4. The van der Waals surface area contributed by atoms with Gasteiger partial charge in [0, 0.05) is 43.8 Å². The van der Waals surface area contributed by atoms with E-state index in [-0.39, 0.29) is 11.6 Å². The van der Waals surface area contributed by atoms with E-state index in [2.05, 4.69) is 27.8 Å². The fourth-order valence-electron chi connectivity index (χ4n) is 4.21. The van der Waals surface area contributed by atoms with Gasteiger partial charge < -0.3 is 19.4 Å². The largest absolute Gasteiger partial charge is 0.383 e. The molecule has 2 heterocycles. The number of carbonyl (C=O) groups excluding carboxylic acids is 1. The molecule has 7 nitrogen and oxygen atoms in total. The van der Waals surface area contributed by atoms with Crippen LogP contribution in [0.5, 0.6) is 0 Å². The van der Waals surface area contributed by atoms with Crippen molar-refractivity contribution in [1.82, 2.24) is 9.47 Å². The van der Waals surface area contributed by atoms with E-state index >= 15 is 0 Å². The van der Waals surface area contributed by atoms with Gasteiger partial charge in [0.25, 0.3) is 5.91 Å². The zero-order valence-electron chi connectivity index (χ0n) is 19.4. The number of nitrogens with one attached hydrogen (secondary N) is 1. The topological polar surface area (TPSA) is 79.5 Å². The Morgan fingerprint density at radius 3 is 2.75 bits per heavy atom. The average Bonchev–Trinajstić information content (AvgIpc) is 3.05. The van der Waals surface area contributed by atoms with Gasteiger partial charge in [-0.25, -0.2) is 0 Å². The van der Waals surface area contributed by atoms with Gasteiger partial charge in [0.05, 0.1) is 25.9 Å². The summed E-state index contributed by atoms with van der Waals surface area (Å²) in [5, 5.41) is 12.5. The van der Waals surface area contributed by atoms with E-state index < -0.39 is 5.91 Å². The molecule has 1 aromatic carbocycles. The van der Waals surface area contributed by atoms with Crippen molar-refractivity contribution in [3.8, 4) is 6.07 Å². The second kappa shape index (κ2) is 11.1. The van der Waals surface area contributed by atoms with Crippen LogP contribution >= 0.6 is 0 Å². The van der Waals surface area contributed by atoms with Crippen LogP contribution in [0.1, 0.15) is 35.5 Å². The Balaban J connectivity index is 1.74. The number of carbonyl (C=O) groups is 1. The van der Waals surface area contributed by atoms with Gasteiger partial charge in [-0.05, 0) is 56.2 Å². The van der Waals surface area contributed by atoms with E-state index in [0.29, 0.717) is 12.3 Å². The van der Waals surface area contributed by atoms with E-state index in [9.17, 15) is 10.1 Å². The third-order valence-electron chi connectivity index (χ3n) is 5.73. The Bertz CT molecular complexity index is 1010. The second-order valence-corrected chi connectivity index (χ2v) is 8.21. The van der Waals surface area contributed by atoms with Crippen molar-refractivity contribution < 1.29 is 14.3 Å². The maximum absolute atomic E-state index is 12.8. The number of morpholine rings is 1. The third kappa shape index (κ3) is 5.86. The minimum absolute atomic E-state index is 0.0724. The summed E-state index contributed by atoms with van der Waals surface area (Å²) in [5.41, 5.74) is 4.79. The van der Waals surface area contributed by atoms with E-state index in [1.165, 1.54) is 0 Å². The van der Waals surface area contributed by atoms with Gasteiger partial charge in [0.2, 0.25) is 0 Å². The number of ether oxygens (including phenoxy) is 2. The lowest BCUT2D eigenvalue weighted by molar-refractivity contribution is -0.112. The van der Waals surface area contributed by atoms with E-state index in [1.54, 1.807) is 13.2 Å². The molecule has 1 aliphatic rings. The molecule has 1 fully saturated rings. The minimum Gasteiger partial charge on any atom is -0.383 e. The molecule has 0 aliphatic carbocycles. The third-order valence-corrected chi connectivity index (χ3v) is 5.73. The van der Waals surface area contributed by atoms with Gasteiger partial charge in [0.15, 0.2) is 0 Å². The Morgan fingerprint density at radius 2 is 2.06 bits per heavy atom. The summed E-state index contributed by atoms with van der Waals surface area (Å²) in [6.07, 6.45) is 1.66. The number of aryl methyl sites for hydroxylation is 1. The summed E-state index contributed by atoms with van der Waals surface area (Å²) in [6, 6.07) is 12.0. The molecule has 170 valence electrons. The van der Waals surface area contributed by atoms with Crippen molar-refractivity contribution in [2.45, 2.75) is 33.4 Å².